The molecule has 86 valence electrons. The highest BCUT2D eigenvalue weighted by atomic mass is 32.2. The average Bonchev–Trinajstić information content (AvgIpc) is 2.66. The van der Waals surface area contributed by atoms with Crippen LogP contribution in [0.4, 0.5) is 0 Å². The van der Waals surface area contributed by atoms with Crippen molar-refractivity contribution in [2.75, 3.05) is 19.4 Å². The topological polar surface area (TPSA) is 65.6 Å². The minimum Gasteiger partial charge on any atom is -0.464 e. The van der Waals surface area contributed by atoms with Gasteiger partial charge >= 0.3 is 0 Å². The molecular weight excluding hydrogens is 214 g/mol. The molecule has 1 aromatic heterocycles. The molecule has 1 heterocycles. The van der Waals surface area contributed by atoms with Crippen LogP contribution in [0, 0.1) is 0 Å². The summed E-state index contributed by atoms with van der Waals surface area (Å²) in [6, 6.07) is 3.87. The van der Waals surface area contributed by atoms with Crippen LogP contribution in [0.25, 0.3) is 0 Å². The number of hydrogen-bond acceptors (Lipinski definition) is 5. The van der Waals surface area contributed by atoms with Crippen molar-refractivity contribution in [1.29, 1.82) is 0 Å². The van der Waals surface area contributed by atoms with Crippen LogP contribution < -0.4 is 5.32 Å². The Morgan fingerprint density at radius 2 is 2.20 bits per heavy atom. The van der Waals surface area contributed by atoms with Crippen molar-refractivity contribution in [3.05, 3.63) is 23.7 Å². The number of furan rings is 1. The zero-order valence-corrected chi connectivity index (χ0v) is 9.59. The van der Waals surface area contributed by atoms with Gasteiger partial charge in [-0.05, 0) is 19.2 Å². The lowest BCUT2D eigenvalue weighted by Crippen LogP contribution is -2.14. The van der Waals surface area contributed by atoms with Crippen LogP contribution in [0.15, 0.2) is 16.5 Å². The van der Waals surface area contributed by atoms with Crippen molar-refractivity contribution < 1.29 is 14.6 Å². The number of hydrogen-bond donors (Lipinski definition) is 3. The maximum Gasteiger partial charge on any atom is 0.117 e. The van der Waals surface area contributed by atoms with E-state index in [1.54, 1.807) is 11.8 Å². The smallest absolute Gasteiger partial charge is 0.117 e. The summed E-state index contributed by atoms with van der Waals surface area (Å²) in [6.45, 7) is 0.542. The van der Waals surface area contributed by atoms with E-state index in [0.29, 0.717) is 5.75 Å². The van der Waals surface area contributed by atoms with Gasteiger partial charge in [0.15, 0.2) is 0 Å². The predicted octanol–water partition coefficient (Wildman–Crippen LogP) is 0.585. The van der Waals surface area contributed by atoms with Gasteiger partial charge in [0.2, 0.25) is 0 Å². The van der Waals surface area contributed by atoms with Crippen molar-refractivity contribution in [3.63, 3.8) is 0 Å². The van der Waals surface area contributed by atoms with Gasteiger partial charge in [-0.15, -0.1) is 0 Å². The molecule has 0 aliphatic rings. The Labute approximate surface area is 93.7 Å². The van der Waals surface area contributed by atoms with Gasteiger partial charge in [0.05, 0.1) is 25.0 Å². The summed E-state index contributed by atoms with van der Waals surface area (Å²) in [4.78, 5) is 0. The van der Waals surface area contributed by atoms with Crippen molar-refractivity contribution in [2.45, 2.75) is 18.4 Å². The molecule has 0 aromatic carbocycles. The Morgan fingerprint density at radius 3 is 2.87 bits per heavy atom. The average molecular weight is 231 g/mol. The Kier molecular flexibility index (Phi) is 5.78. The molecule has 3 N–H and O–H groups in total. The molecule has 15 heavy (non-hydrogen) atoms. The first-order valence-electron chi connectivity index (χ1n) is 4.85. The first kappa shape index (κ1) is 12.6. The minimum absolute atomic E-state index is 0.184. The van der Waals surface area contributed by atoms with E-state index in [-0.39, 0.29) is 6.61 Å². The standard InChI is InChI=1S/C10H17NO3S/c1-11-4-9-2-3-10(14-9)7-15-6-8(13)5-12/h2-3,8,11-13H,4-7H2,1H3. The fraction of sp³-hybridized carbons (Fsp3) is 0.600. The van der Waals surface area contributed by atoms with Crippen LogP contribution in [0.3, 0.4) is 0 Å². The summed E-state index contributed by atoms with van der Waals surface area (Å²) in [5.74, 6) is 3.06. The molecule has 0 bridgehead atoms. The molecule has 1 aromatic rings. The fourth-order valence-electron chi connectivity index (χ4n) is 1.12. The SMILES string of the molecule is CNCc1ccc(CSCC(O)CO)o1. The molecule has 0 fully saturated rings. The Balaban J connectivity index is 2.25. The molecule has 0 radical (unpaired) electrons. The lowest BCUT2D eigenvalue weighted by Gasteiger charge is -2.04. The van der Waals surface area contributed by atoms with Crippen molar-refractivity contribution in [2.24, 2.45) is 0 Å². The fourth-order valence-corrected chi connectivity index (χ4v) is 1.97. The largest absolute Gasteiger partial charge is 0.464 e. The second-order valence-electron chi connectivity index (χ2n) is 3.25. The van der Waals surface area contributed by atoms with Crippen LogP contribution in [0.5, 0.6) is 0 Å². The molecule has 0 aliphatic carbocycles. The maximum absolute atomic E-state index is 9.11. The van der Waals surface area contributed by atoms with E-state index in [2.05, 4.69) is 5.32 Å². The maximum atomic E-state index is 9.11. The lowest BCUT2D eigenvalue weighted by molar-refractivity contribution is 0.113. The number of aliphatic hydroxyl groups excluding tert-OH is 2. The monoisotopic (exact) mass is 231 g/mol. The number of nitrogens with one attached hydrogen (secondary N) is 1. The van der Waals surface area contributed by atoms with Gasteiger partial charge in [0.1, 0.15) is 11.5 Å². The first-order chi connectivity index (χ1) is 7.26. The van der Waals surface area contributed by atoms with Gasteiger partial charge < -0.3 is 19.9 Å². The normalized spacial score (nSPS) is 13.0. The lowest BCUT2D eigenvalue weighted by atomic mass is 10.4. The Bertz CT molecular complexity index is 277. The van der Waals surface area contributed by atoms with Gasteiger partial charge in [-0.3, -0.25) is 0 Å². The molecule has 1 rings (SSSR count). The van der Waals surface area contributed by atoms with E-state index in [9.17, 15) is 0 Å². The van der Waals surface area contributed by atoms with E-state index in [1.807, 2.05) is 19.2 Å². The van der Waals surface area contributed by atoms with Crippen molar-refractivity contribution in [3.8, 4) is 0 Å². The second-order valence-corrected chi connectivity index (χ2v) is 4.28. The van der Waals surface area contributed by atoms with Gasteiger partial charge in [-0.1, -0.05) is 0 Å². The molecule has 1 unspecified atom stereocenters. The summed E-state index contributed by atoms with van der Waals surface area (Å²) in [5.41, 5.74) is 0. The Hall–Kier alpha value is -0.490. The molecule has 0 aliphatic heterocycles. The molecule has 0 saturated carbocycles. The quantitative estimate of drug-likeness (QED) is 0.641. The number of rotatable bonds is 7. The van der Waals surface area contributed by atoms with E-state index in [4.69, 9.17) is 14.6 Å². The number of aliphatic hydroxyl groups is 2. The van der Waals surface area contributed by atoms with E-state index in [0.717, 1.165) is 23.8 Å². The highest BCUT2D eigenvalue weighted by molar-refractivity contribution is 7.98. The summed E-state index contributed by atoms with van der Waals surface area (Å²) >= 11 is 1.55. The highest BCUT2D eigenvalue weighted by Crippen LogP contribution is 2.16. The summed E-state index contributed by atoms with van der Waals surface area (Å²) in [7, 11) is 1.87. The van der Waals surface area contributed by atoms with E-state index in [1.165, 1.54) is 0 Å². The van der Waals surface area contributed by atoms with Gasteiger partial charge in [0.25, 0.3) is 0 Å². The van der Waals surface area contributed by atoms with Gasteiger partial charge in [-0.25, -0.2) is 0 Å². The molecule has 1 atom stereocenters. The summed E-state index contributed by atoms with van der Waals surface area (Å²) in [6.07, 6.45) is -0.637. The second kappa shape index (κ2) is 6.90. The zero-order chi connectivity index (χ0) is 11.1. The minimum atomic E-state index is -0.637. The van der Waals surface area contributed by atoms with E-state index < -0.39 is 6.10 Å². The highest BCUT2D eigenvalue weighted by Gasteiger charge is 2.04. The van der Waals surface area contributed by atoms with Crippen molar-refractivity contribution in [1.82, 2.24) is 5.32 Å². The molecule has 4 nitrogen and oxygen atoms in total. The van der Waals surface area contributed by atoms with Crippen LogP contribution in [-0.2, 0) is 12.3 Å². The number of thioether (sulfide) groups is 1. The van der Waals surface area contributed by atoms with Gasteiger partial charge in [0, 0.05) is 5.75 Å². The Morgan fingerprint density at radius 1 is 1.47 bits per heavy atom. The first-order valence-corrected chi connectivity index (χ1v) is 6.00. The molecule has 0 spiro atoms. The third kappa shape index (κ3) is 4.70. The van der Waals surface area contributed by atoms with E-state index >= 15 is 0 Å². The van der Waals surface area contributed by atoms with Gasteiger partial charge in [-0.2, -0.15) is 11.8 Å². The third-order valence-electron chi connectivity index (χ3n) is 1.83. The summed E-state index contributed by atoms with van der Waals surface area (Å²) < 4.78 is 5.51. The molecule has 0 amide bonds. The third-order valence-corrected chi connectivity index (χ3v) is 2.94. The van der Waals surface area contributed by atoms with Crippen LogP contribution in [-0.4, -0.2) is 35.7 Å². The zero-order valence-electron chi connectivity index (χ0n) is 8.77. The molecule has 5 heteroatoms. The molecular formula is C10H17NO3S. The summed E-state index contributed by atoms with van der Waals surface area (Å²) in [5, 5.41) is 20.7. The van der Waals surface area contributed by atoms with Crippen LogP contribution in [0.2, 0.25) is 0 Å². The predicted molar refractivity (Wildman–Crippen MR) is 60.7 cm³/mol. The molecule has 0 saturated heterocycles. The van der Waals surface area contributed by atoms with Crippen LogP contribution in [0.1, 0.15) is 11.5 Å². The van der Waals surface area contributed by atoms with Crippen molar-refractivity contribution >= 4 is 11.8 Å². The van der Waals surface area contributed by atoms with Crippen LogP contribution >= 0.6 is 11.8 Å².